The first-order valence-electron chi connectivity index (χ1n) is 11.2. The van der Waals surface area contributed by atoms with Crippen molar-refractivity contribution in [2.24, 2.45) is 0 Å². The van der Waals surface area contributed by atoms with Crippen molar-refractivity contribution < 1.29 is 18.9 Å². The Labute approximate surface area is 187 Å². The van der Waals surface area contributed by atoms with Crippen molar-refractivity contribution in [3.05, 3.63) is 71.8 Å². The minimum atomic E-state index is 0.237. The number of epoxide rings is 2. The highest BCUT2D eigenvalue weighted by atomic mass is 16.6. The van der Waals surface area contributed by atoms with Crippen LogP contribution in [0.5, 0.6) is 11.5 Å². The molecular formula is C28H26O4. The summed E-state index contributed by atoms with van der Waals surface area (Å²) >= 11 is 0. The largest absolute Gasteiger partial charge is 0.490 e. The maximum atomic E-state index is 6.09. The van der Waals surface area contributed by atoms with E-state index in [9.17, 15) is 0 Å². The first-order valence-corrected chi connectivity index (χ1v) is 11.2. The third kappa shape index (κ3) is 3.60. The van der Waals surface area contributed by atoms with Crippen LogP contribution in [0.2, 0.25) is 0 Å². The average Bonchev–Trinajstić information content (AvgIpc) is 3.73. The number of rotatable bonds is 7. The summed E-state index contributed by atoms with van der Waals surface area (Å²) in [7, 11) is 0. The van der Waals surface area contributed by atoms with Gasteiger partial charge >= 0.3 is 0 Å². The van der Waals surface area contributed by atoms with E-state index in [4.69, 9.17) is 18.9 Å². The quantitative estimate of drug-likeness (QED) is 0.349. The molecule has 2 aliphatic rings. The molecule has 0 amide bonds. The van der Waals surface area contributed by atoms with Crippen LogP contribution in [0.3, 0.4) is 0 Å². The van der Waals surface area contributed by atoms with Crippen LogP contribution in [0.25, 0.3) is 32.7 Å². The molecule has 2 aliphatic heterocycles. The van der Waals surface area contributed by atoms with E-state index >= 15 is 0 Å². The predicted molar refractivity (Wildman–Crippen MR) is 127 cm³/mol. The zero-order chi connectivity index (χ0) is 21.7. The van der Waals surface area contributed by atoms with Gasteiger partial charge in [0.05, 0.1) is 13.2 Å². The van der Waals surface area contributed by atoms with Gasteiger partial charge in [-0.2, -0.15) is 0 Å². The van der Waals surface area contributed by atoms with Gasteiger partial charge in [0.1, 0.15) is 36.9 Å². The van der Waals surface area contributed by atoms with Crippen molar-refractivity contribution in [2.75, 3.05) is 26.4 Å². The molecule has 4 aromatic carbocycles. The van der Waals surface area contributed by atoms with Gasteiger partial charge < -0.3 is 18.9 Å². The van der Waals surface area contributed by atoms with Gasteiger partial charge in [0.25, 0.3) is 0 Å². The van der Waals surface area contributed by atoms with E-state index in [1.807, 2.05) is 0 Å². The molecule has 2 fully saturated rings. The van der Waals surface area contributed by atoms with Crippen molar-refractivity contribution in [3.8, 4) is 22.6 Å². The molecule has 0 radical (unpaired) electrons. The Balaban J connectivity index is 1.50. The van der Waals surface area contributed by atoms with E-state index in [1.54, 1.807) is 0 Å². The number of fused-ring (bicyclic) bond motifs is 2. The van der Waals surface area contributed by atoms with Gasteiger partial charge in [-0.25, -0.2) is 0 Å². The molecule has 0 saturated carbocycles. The Morgan fingerprint density at radius 3 is 1.50 bits per heavy atom. The summed E-state index contributed by atoms with van der Waals surface area (Å²) in [4.78, 5) is 0. The maximum absolute atomic E-state index is 6.09. The van der Waals surface area contributed by atoms with Crippen molar-refractivity contribution in [2.45, 2.75) is 26.1 Å². The zero-order valence-electron chi connectivity index (χ0n) is 18.4. The van der Waals surface area contributed by atoms with Gasteiger partial charge in [-0.15, -0.1) is 0 Å². The molecule has 0 aliphatic carbocycles. The Morgan fingerprint density at radius 2 is 1.09 bits per heavy atom. The summed E-state index contributed by atoms with van der Waals surface area (Å²) in [6.45, 7) is 7.10. The smallest absolute Gasteiger partial charge is 0.123 e. The molecule has 2 atom stereocenters. The summed E-state index contributed by atoms with van der Waals surface area (Å²) in [5.74, 6) is 1.84. The van der Waals surface area contributed by atoms with Gasteiger partial charge in [0.15, 0.2) is 0 Å². The van der Waals surface area contributed by atoms with Gasteiger partial charge in [-0.1, -0.05) is 48.5 Å². The van der Waals surface area contributed by atoms with Crippen LogP contribution in [0, 0.1) is 13.8 Å². The highest BCUT2D eigenvalue weighted by Crippen LogP contribution is 2.41. The molecule has 2 saturated heterocycles. The van der Waals surface area contributed by atoms with Crippen LogP contribution in [0.1, 0.15) is 11.1 Å². The summed E-state index contributed by atoms with van der Waals surface area (Å²) in [6, 6.07) is 21.5. The summed E-state index contributed by atoms with van der Waals surface area (Å²) in [5, 5.41) is 4.88. The van der Waals surface area contributed by atoms with E-state index in [0.29, 0.717) is 13.2 Å². The number of aryl methyl sites for hydroxylation is 2. The second-order valence-corrected chi connectivity index (χ2v) is 8.72. The minimum Gasteiger partial charge on any atom is -0.490 e. The molecule has 32 heavy (non-hydrogen) atoms. The molecular weight excluding hydrogens is 400 g/mol. The fraction of sp³-hybridized carbons (Fsp3) is 0.286. The van der Waals surface area contributed by atoms with Gasteiger partial charge in [-0.3, -0.25) is 0 Å². The lowest BCUT2D eigenvalue weighted by Crippen LogP contribution is -2.05. The van der Waals surface area contributed by atoms with Crippen LogP contribution in [-0.4, -0.2) is 38.6 Å². The van der Waals surface area contributed by atoms with Gasteiger partial charge in [0.2, 0.25) is 0 Å². The highest BCUT2D eigenvalue weighted by Gasteiger charge is 2.25. The third-order valence-electron chi connectivity index (χ3n) is 6.46. The molecule has 162 valence electrons. The lowest BCUT2D eigenvalue weighted by molar-refractivity contribution is 0.262. The van der Waals surface area contributed by atoms with E-state index in [-0.39, 0.29) is 12.2 Å². The predicted octanol–water partition coefficient (Wildman–Crippen LogP) is 5.83. The summed E-state index contributed by atoms with van der Waals surface area (Å²) in [5.41, 5.74) is 4.74. The number of ether oxygens (including phenoxy) is 4. The van der Waals surface area contributed by atoms with E-state index in [1.165, 1.54) is 32.7 Å². The topological polar surface area (TPSA) is 43.5 Å². The Kier molecular flexibility index (Phi) is 4.78. The molecule has 0 N–H and O–H groups in total. The fourth-order valence-corrected chi connectivity index (χ4v) is 4.54. The summed E-state index contributed by atoms with van der Waals surface area (Å²) < 4.78 is 22.8. The molecule has 2 unspecified atom stereocenters. The molecule has 6 rings (SSSR count). The van der Waals surface area contributed by atoms with Crippen molar-refractivity contribution in [1.29, 1.82) is 0 Å². The third-order valence-corrected chi connectivity index (χ3v) is 6.46. The van der Waals surface area contributed by atoms with Crippen LogP contribution < -0.4 is 9.47 Å². The van der Waals surface area contributed by atoms with Crippen molar-refractivity contribution >= 4 is 21.5 Å². The number of hydrogen-bond donors (Lipinski definition) is 0. The minimum absolute atomic E-state index is 0.237. The first kappa shape index (κ1) is 19.6. The molecule has 4 heteroatoms. The Morgan fingerprint density at radius 1 is 0.656 bits per heavy atom. The zero-order valence-corrected chi connectivity index (χ0v) is 18.4. The molecule has 4 aromatic rings. The van der Waals surface area contributed by atoms with E-state index in [0.717, 1.165) is 35.8 Å². The molecule has 2 heterocycles. The van der Waals surface area contributed by atoms with Gasteiger partial charge in [0, 0.05) is 0 Å². The SMILES string of the molecule is Cc1c(OCC2CO2)ccc2cccc(-c3cccc4ccc(OCC5CO5)c(C)c34)c12. The first-order chi connectivity index (χ1) is 15.7. The Hall–Kier alpha value is -3.08. The molecule has 4 nitrogen and oxygen atoms in total. The van der Waals surface area contributed by atoms with Crippen LogP contribution in [0.15, 0.2) is 60.7 Å². The van der Waals surface area contributed by atoms with Crippen LogP contribution in [-0.2, 0) is 9.47 Å². The lowest BCUT2D eigenvalue weighted by atomic mass is 9.90. The Bertz CT molecular complexity index is 1220. The standard InChI is InChI=1S/C28H26O4/c1-17-25(31-15-21-13-29-21)11-9-19-5-3-7-23(27(17)19)24-8-4-6-20-10-12-26(18(2)28(20)24)32-16-22-14-30-22/h3-12,21-22H,13-16H2,1-2H3. The molecule has 0 spiro atoms. The van der Waals surface area contributed by atoms with Crippen LogP contribution >= 0.6 is 0 Å². The maximum Gasteiger partial charge on any atom is 0.123 e. The average molecular weight is 427 g/mol. The lowest BCUT2D eigenvalue weighted by Gasteiger charge is -2.17. The highest BCUT2D eigenvalue weighted by molar-refractivity contribution is 6.08. The second-order valence-electron chi connectivity index (χ2n) is 8.72. The van der Waals surface area contributed by atoms with E-state index < -0.39 is 0 Å². The normalized spacial score (nSPS) is 19.3. The van der Waals surface area contributed by atoms with Gasteiger partial charge in [-0.05, 0) is 69.8 Å². The number of benzene rings is 4. The fourth-order valence-electron chi connectivity index (χ4n) is 4.54. The van der Waals surface area contributed by atoms with Crippen LogP contribution in [0.4, 0.5) is 0 Å². The van der Waals surface area contributed by atoms with Crippen molar-refractivity contribution in [3.63, 3.8) is 0 Å². The second kappa shape index (κ2) is 7.80. The van der Waals surface area contributed by atoms with E-state index in [2.05, 4.69) is 74.5 Å². The molecule has 0 bridgehead atoms. The number of hydrogen-bond acceptors (Lipinski definition) is 4. The summed E-state index contributed by atoms with van der Waals surface area (Å²) in [6.07, 6.45) is 0.473. The van der Waals surface area contributed by atoms with Crippen molar-refractivity contribution in [1.82, 2.24) is 0 Å². The molecule has 0 aromatic heterocycles. The monoisotopic (exact) mass is 426 g/mol.